The second kappa shape index (κ2) is 9.43. The maximum atomic E-state index is 13.2. The van der Waals surface area contributed by atoms with Crippen molar-refractivity contribution in [1.82, 2.24) is 4.31 Å². The topological polar surface area (TPSA) is 86.7 Å². The van der Waals surface area contributed by atoms with Gasteiger partial charge in [0.25, 0.3) is 5.91 Å². The van der Waals surface area contributed by atoms with Gasteiger partial charge in [-0.2, -0.15) is 4.31 Å². The number of benzene rings is 3. The lowest BCUT2D eigenvalue weighted by atomic mass is 9.85. The van der Waals surface area contributed by atoms with Crippen LogP contribution >= 0.6 is 0 Å². The number of piperidine rings is 1. The molecule has 4 rings (SSSR count). The van der Waals surface area contributed by atoms with Crippen LogP contribution in [-0.2, 0) is 22.3 Å². The van der Waals surface area contributed by atoms with Crippen molar-refractivity contribution in [2.75, 3.05) is 18.4 Å². The van der Waals surface area contributed by atoms with Crippen LogP contribution in [0.15, 0.2) is 83.8 Å². The highest BCUT2D eigenvalue weighted by atomic mass is 32.2. The molecule has 1 aliphatic rings. The Morgan fingerprint density at radius 2 is 1.67 bits per heavy atom. The Labute approximate surface area is 192 Å². The molecule has 0 saturated carbocycles. The number of amides is 1. The maximum Gasteiger partial charge on any atom is 0.255 e. The van der Waals surface area contributed by atoms with E-state index < -0.39 is 28.2 Å². The molecule has 3 aromatic carbocycles. The number of nitrogens with one attached hydrogen (secondary N) is 1. The van der Waals surface area contributed by atoms with E-state index in [1.165, 1.54) is 34.6 Å². The summed E-state index contributed by atoms with van der Waals surface area (Å²) in [6.45, 7) is -0.312. The van der Waals surface area contributed by atoms with Gasteiger partial charge < -0.3 is 10.4 Å². The van der Waals surface area contributed by atoms with Crippen LogP contribution in [0.1, 0.15) is 34.3 Å². The summed E-state index contributed by atoms with van der Waals surface area (Å²) < 4.78 is 40.7. The molecule has 1 heterocycles. The lowest BCUT2D eigenvalue weighted by Gasteiger charge is -2.37. The Hall–Kier alpha value is -3.07. The van der Waals surface area contributed by atoms with E-state index in [0.29, 0.717) is 11.3 Å². The number of halogens is 1. The summed E-state index contributed by atoms with van der Waals surface area (Å²) in [7, 11) is -3.84. The monoisotopic (exact) mass is 468 g/mol. The third kappa shape index (κ3) is 4.98. The Kier molecular flexibility index (Phi) is 6.60. The third-order valence-corrected chi connectivity index (χ3v) is 7.83. The number of anilines is 1. The molecular weight excluding hydrogens is 443 g/mol. The van der Waals surface area contributed by atoms with Gasteiger partial charge in [0.2, 0.25) is 10.0 Å². The number of carbonyl (C=O) groups is 1. The van der Waals surface area contributed by atoms with Crippen molar-refractivity contribution in [2.24, 2.45) is 0 Å². The average Bonchev–Trinajstić information content (AvgIpc) is 2.85. The number of hydrogen-bond acceptors (Lipinski definition) is 4. The van der Waals surface area contributed by atoms with E-state index in [9.17, 15) is 22.7 Å². The van der Waals surface area contributed by atoms with Gasteiger partial charge in [-0.1, -0.05) is 48.5 Å². The number of nitrogens with zero attached hydrogens (tertiary/aromatic N) is 1. The molecule has 1 aliphatic heterocycles. The third-order valence-electron chi connectivity index (χ3n) is 5.93. The van der Waals surface area contributed by atoms with Crippen LogP contribution in [0, 0.1) is 0 Å². The number of hydrogen-bond donors (Lipinski definition) is 2. The van der Waals surface area contributed by atoms with E-state index in [2.05, 4.69) is 5.32 Å². The molecule has 0 aliphatic carbocycles. The molecule has 33 heavy (non-hydrogen) atoms. The fourth-order valence-corrected chi connectivity index (χ4v) is 5.50. The van der Waals surface area contributed by atoms with Crippen LogP contribution in [0.3, 0.4) is 0 Å². The van der Waals surface area contributed by atoms with E-state index in [-0.39, 0.29) is 36.4 Å². The Bertz CT molecular complexity index is 1240. The van der Waals surface area contributed by atoms with Crippen LogP contribution in [0.2, 0.25) is 0 Å². The number of aliphatic hydroxyl groups is 1. The molecule has 0 atom stereocenters. The molecule has 0 unspecified atom stereocenters. The van der Waals surface area contributed by atoms with E-state index in [0.717, 1.165) is 5.56 Å². The second-order valence-corrected chi connectivity index (χ2v) is 10.1. The first-order valence-electron chi connectivity index (χ1n) is 10.7. The predicted octanol–water partition coefficient (Wildman–Crippen LogP) is 4.08. The molecule has 0 aromatic heterocycles. The summed E-state index contributed by atoms with van der Waals surface area (Å²) in [6.07, 6.45) is 0.558. The molecule has 0 radical (unpaired) electrons. The minimum atomic E-state index is -3.84. The van der Waals surface area contributed by atoms with E-state index in [1.807, 2.05) is 30.3 Å². The van der Waals surface area contributed by atoms with Gasteiger partial charge in [-0.05, 0) is 54.3 Å². The number of rotatable bonds is 6. The van der Waals surface area contributed by atoms with E-state index in [4.69, 9.17) is 0 Å². The van der Waals surface area contributed by atoms with Gasteiger partial charge in [0.05, 0.1) is 10.5 Å². The molecule has 1 fully saturated rings. The first kappa shape index (κ1) is 23.1. The van der Waals surface area contributed by atoms with Crippen LogP contribution in [0.25, 0.3) is 0 Å². The predicted molar refractivity (Wildman–Crippen MR) is 124 cm³/mol. The summed E-state index contributed by atoms with van der Waals surface area (Å²) in [5.74, 6) is -0.486. The average molecular weight is 469 g/mol. The van der Waals surface area contributed by atoms with Crippen molar-refractivity contribution in [1.29, 1.82) is 0 Å². The summed E-state index contributed by atoms with van der Waals surface area (Å²) in [5.41, 5.74) is 0.754. The van der Waals surface area contributed by atoms with Crippen LogP contribution < -0.4 is 5.32 Å². The van der Waals surface area contributed by atoms with Gasteiger partial charge in [0.1, 0.15) is 6.67 Å². The maximum absolute atomic E-state index is 13.2. The largest absolute Gasteiger partial charge is 0.385 e. The van der Waals surface area contributed by atoms with E-state index >= 15 is 0 Å². The summed E-state index contributed by atoms with van der Waals surface area (Å²) in [6, 6.07) is 21.5. The van der Waals surface area contributed by atoms with Crippen molar-refractivity contribution < 1.29 is 22.7 Å². The minimum absolute atomic E-state index is 0.0119. The minimum Gasteiger partial charge on any atom is -0.385 e. The second-order valence-electron chi connectivity index (χ2n) is 8.12. The summed E-state index contributed by atoms with van der Waals surface area (Å²) in [5, 5.41) is 13.7. The van der Waals surface area contributed by atoms with Crippen molar-refractivity contribution in [3.05, 3.63) is 95.6 Å². The summed E-state index contributed by atoms with van der Waals surface area (Å²) >= 11 is 0. The van der Waals surface area contributed by atoms with Gasteiger partial charge in [-0.15, -0.1) is 0 Å². The van der Waals surface area contributed by atoms with Gasteiger partial charge in [-0.25, -0.2) is 12.8 Å². The highest BCUT2D eigenvalue weighted by Crippen LogP contribution is 2.34. The van der Waals surface area contributed by atoms with Crippen molar-refractivity contribution in [3.8, 4) is 0 Å². The van der Waals surface area contributed by atoms with E-state index in [1.54, 1.807) is 18.2 Å². The molecule has 1 saturated heterocycles. The molecule has 0 spiro atoms. The lowest BCUT2D eigenvalue weighted by Crippen LogP contribution is -2.45. The highest BCUT2D eigenvalue weighted by Gasteiger charge is 2.38. The molecule has 3 aromatic rings. The fraction of sp³-hybridized carbons (Fsp3) is 0.240. The van der Waals surface area contributed by atoms with Crippen molar-refractivity contribution >= 4 is 21.6 Å². The highest BCUT2D eigenvalue weighted by molar-refractivity contribution is 7.89. The number of alkyl halides is 1. The van der Waals surface area contributed by atoms with Gasteiger partial charge in [0.15, 0.2) is 0 Å². The normalized spacial score (nSPS) is 16.3. The van der Waals surface area contributed by atoms with Gasteiger partial charge in [0, 0.05) is 24.3 Å². The first-order valence-corrected chi connectivity index (χ1v) is 12.1. The molecule has 172 valence electrons. The summed E-state index contributed by atoms with van der Waals surface area (Å²) in [4.78, 5) is 12.7. The van der Waals surface area contributed by atoms with Gasteiger partial charge >= 0.3 is 0 Å². The molecular formula is C25H25FN2O4S. The smallest absolute Gasteiger partial charge is 0.255 e. The number of carbonyl (C=O) groups excluding carboxylic acids is 1. The lowest BCUT2D eigenvalue weighted by molar-refractivity contribution is -0.00961. The SMILES string of the molecule is O=C(Nc1cccc(CF)c1)c1cccc(S(=O)(=O)N2CCC(O)(c3ccccc3)CC2)c1. The van der Waals surface area contributed by atoms with Crippen molar-refractivity contribution in [2.45, 2.75) is 30.0 Å². The quantitative estimate of drug-likeness (QED) is 0.571. The molecule has 8 heteroatoms. The molecule has 6 nitrogen and oxygen atoms in total. The molecule has 1 amide bonds. The zero-order chi connectivity index (χ0) is 23.5. The fourth-order valence-electron chi connectivity index (χ4n) is 4.02. The zero-order valence-corrected chi connectivity index (χ0v) is 18.8. The Morgan fingerprint density at radius 1 is 0.970 bits per heavy atom. The Balaban J connectivity index is 1.49. The molecule has 2 N–H and O–H groups in total. The Morgan fingerprint density at radius 3 is 2.36 bits per heavy atom. The van der Waals surface area contributed by atoms with Crippen LogP contribution in [0.4, 0.5) is 10.1 Å². The molecule has 0 bridgehead atoms. The van der Waals surface area contributed by atoms with Crippen LogP contribution in [-0.4, -0.2) is 36.8 Å². The van der Waals surface area contributed by atoms with Crippen molar-refractivity contribution in [3.63, 3.8) is 0 Å². The number of sulfonamides is 1. The first-order chi connectivity index (χ1) is 15.8. The van der Waals surface area contributed by atoms with Crippen LogP contribution in [0.5, 0.6) is 0 Å². The van der Waals surface area contributed by atoms with Gasteiger partial charge in [-0.3, -0.25) is 4.79 Å². The standard InChI is InChI=1S/C25H25FN2O4S/c26-18-19-6-4-10-22(16-19)27-24(29)20-7-5-11-23(17-20)33(31,32)28-14-12-25(30,13-15-28)21-8-2-1-3-9-21/h1-11,16-17,30H,12-15,18H2,(H,27,29). The zero-order valence-electron chi connectivity index (χ0n) is 17.9.